The summed E-state index contributed by atoms with van der Waals surface area (Å²) in [6.45, 7) is 4.00. The average Bonchev–Trinajstić information content (AvgIpc) is 2.76. The molecule has 0 atom stereocenters. The summed E-state index contributed by atoms with van der Waals surface area (Å²) in [5.74, 6) is 0. The molecule has 0 unspecified atom stereocenters. The van der Waals surface area contributed by atoms with Gasteiger partial charge in [0.25, 0.3) is 0 Å². The van der Waals surface area contributed by atoms with Crippen molar-refractivity contribution in [1.82, 2.24) is 19.6 Å². The molecule has 0 amide bonds. The molecule has 0 saturated carbocycles. The quantitative estimate of drug-likeness (QED) is 0.472. The number of nitrogens with zero attached hydrogens (tertiary/aromatic N) is 4. The van der Waals surface area contributed by atoms with E-state index < -0.39 is 13.5 Å². The Hall–Kier alpha value is -0.247. The van der Waals surface area contributed by atoms with E-state index in [0.29, 0.717) is 0 Å². The molecule has 2 heterocycles. The summed E-state index contributed by atoms with van der Waals surface area (Å²) >= 11 is -1.48. The first-order chi connectivity index (χ1) is 8.31. The molecule has 0 aromatic rings. The van der Waals surface area contributed by atoms with Crippen molar-refractivity contribution in [1.29, 1.82) is 0 Å². The van der Waals surface area contributed by atoms with Gasteiger partial charge in [0.2, 0.25) is 0 Å². The van der Waals surface area contributed by atoms with Crippen LogP contribution in [0.1, 0.15) is 0 Å². The maximum atomic E-state index is 5.07. The molecular weight excluding hydrogens is 360 g/mol. The molecule has 0 fully saturated rings. The second-order valence-corrected chi connectivity index (χ2v) is 9.53. The Morgan fingerprint density at radius 1 is 0.778 bits per heavy atom. The third-order valence-electron chi connectivity index (χ3n) is 1.80. The molecule has 0 saturated heterocycles. The summed E-state index contributed by atoms with van der Waals surface area (Å²) in [4.78, 5) is 8.00. The Bertz CT molecular complexity index is 261. The second-order valence-electron chi connectivity index (χ2n) is 3.73. The van der Waals surface area contributed by atoms with Gasteiger partial charge in [-0.3, -0.25) is 0 Å². The van der Waals surface area contributed by atoms with E-state index in [0.717, 1.165) is 0 Å². The first-order valence-corrected chi connectivity index (χ1v) is 10.7. The van der Waals surface area contributed by atoms with Crippen LogP contribution in [-0.2, 0) is 13.5 Å². The van der Waals surface area contributed by atoms with Gasteiger partial charge in [-0.15, -0.1) is 0 Å². The third kappa shape index (κ3) is 10.9. The fourth-order valence-electron chi connectivity index (χ4n) is 1.15. The van der Waals surface area contributed by atoms with Gasteiger partial charge >= 0.3 is 38.0 Å². The van der Waals surface area contributed by atoms with Crippen molar-refractivity contribution in [2.24, 2.45) is 0 Å². The van der Waals surface area contributed by atoms with E-state index in [-0.39, 0.29) is 0 Å². The van der Waals surface area contributed by atoms with E-state index in [1.165, 1.54) is 0 Å². The van der Waals surface area contributed by atoms with Crippen LogP contribution in [0.2, 0.25) is 0 Å². The molecule has 2 aliphatic heterocycles. The third-order valence-corrected chi connectivity index (χ3v) is 1.80. The van der Waals surface area contributed by atoms with Gasteiger partial charge in [-0.2, -0.15) is 13.3 Å². The summed E-state index contributed by atoms with van der Waals surface area (Å²) < 4.78 is 0. The zero-order valence-electron chi connectivity index (χ0n) is 11.1. The predicted octanol–water partition coefficient (Wildman–Crippen LogP) is 2.25. The molecule has 4 nitrogen and oxygen atoms in total. The normalized spacial score (nSPS) is 17.3. The summed E-state index contributed by atoms with van der Waals surface area (Å²) in [6, 6.07) is 0. The minimum absolute atomic E-state index is 1.48. The van der Waals surface area contributed by atoms with Gasteiger partial charge in [0.05, 0.1) is 0 Å². The van der Waals surface area contributed by atoms with Gasteiger partial charge in [0.1, 0.15) is 0 Å². The first-order valence-electron chi connectivity index (χ1n) is 5.04. The fraction of sp³-hybridized carbons (Fsp3) is 0.364. The monoisotopic (exact) mass is 380 g/mol. The van der Waals surface area contributed by atoms with E-state index in [1.807, 2.05) is 85.9 Å². The van der Waals surface area contributed by atoms with Gasteiger partial charge in [-0.25, -0.2) is 0 Å². The van der Waals surface area contributed by atoms with Crippen LogP contribution < -0.4 is 0 Å². The Morgan fingerprint density at radius 3 is 1.00 bits per heavy atom. The first kappa shape index (κ1) is 17.8. The molecule has 0 aliphatic carbocycles. The molecule has 7 heteroatoms. The Kier molecular flexibility index (Phi) is 9.52. The molecule has 2 rings (SSSR count). The summed E-state index contributed by atoms with van der Waals surface area (Å²) in [6.07, 6.45) is 8.00. The fourth-order valence-corrected chi connectivity index (χ4v) is 1.15. The van der Waals surface area contributed by atoms with E-state index in [1.54, 1.807) is 0 Å². The number of rotatable bonds is 0. The van der Waals surface area contributed by atoms with Crippen LogP contribution in [0.4, 0.5) is 0 Å². The van der Waals surface area contributed by atoms with Crippen LogP contribution >= 0.6 is 19.4 Å². The summed E-state index contributed by atoms with van der Waals surface area (Å²) in [7, 11) is 18.1. The minimum atomic E-state index is -1.48. The van der Waals surface area contributed by atoms with Crippen LogP contribution in [0.25, 0.3) is 0 Å². The molecule has 108 valence electrons. The van der Waals surface area contributed by atoms with Crippen molar-refractivity contribution >= 4 is 24.5 Å². The standard InChI is InChI=1S/2C5H9N2.CH2.2ClH.Ru/c2*1-6-3-4-7(2)5-6;;;;/h2*3-5H,1-2H3;1H2;2*1H;/q2*-1;;;;+2/p-2. The van der Waals surface area contributed by atoms with E-state index >= 15 is 0 Å². The SMILES string of the molecule is CN1C=CN(C)[CH-]1.CN1C=CN(C)[CH-]1.[CH2]=[Ru]([Cl])[Cl]. The van der Waals surface area contributed by atoms with Crippen molar-refractivity contribution in [3.05, 3.63) is 38.1 Å². The van der Waals surface area contributed by atoms with Crippen LogP contribution in [0.5, 0.6) is 0 Å². The van der Waals surface area contributed by atoms with Gasteiger partial charge < -0.3 is 19.6 Å². The zero-order chi connectivity index (χ0) is 14.1. The zero-order valence-corrected chi connectivity index (χ0v) is 14.3. The Morgan fingerprint density at radius 2 is 0.944 bits per heavy atom. The summed E-state index contributed by atoms with van der Waals surface area (Å²) in [5, 5.41) is 3.31. The summed E-state index contributed by atoms with van der Waals surface area (Å²) in [5.41, 5.74) is 0. The predicted molar refractivity (Wildman–Crippen MR) is 76.8 cm³/mol. The molecule has 0 spiro atoms. The molecule has 2 aliphatic rings. The number of hydrogen-bond acceptors (Lipinski definition) is 4. The van der Waals surface area contributed by atoms with Crippen LogP contribution in [0, 0.1) is 13.3 Å². The molecule has 0 radical (unpaired) electrons. The number of halogens is 2. The number of hydrogen-bond donors (Lipinski definition) is 0. The van der Waals surface area contributed by atoms with Gasteiger partial charge in [0, 0.05) is 0 Å². The van der Waals surface area contributed by atoms with Crippen molar-refractivity contribution in [2.75, 3.05) is 28.2 Å². The van der Waals surface area contributed by atoms with Crippen LogP contribution in [-0.4, -0.2) is 52.9 Å². The Labute approximate surface area is 124 Å². The molecule has 0 N–H and O–H groups in total. The Balaban J connectivity index is 0.000000253. The van der Waals surface area contributed by atoms with Crippen molar-refractivity contribution in [3.63, 3.8) is 0 Å². The van der Waals surface area contributed by atoms with Crippen molar-refractivity contribution in [3.8, 4) is 0 Å². The molecule has 0 bridgehead atoms. The van der Waals surface area contributed by atoms with Crippen molar-refractivity contribution in [2.45, 2.75) is 0 Å². The second kappa shape index (κ2) is 9.65. The molecule has 0 aromatic heterocycles. The topological polar surface area (TPSA) is 13.0 Å². The van der Waals surface area contributed by atoms with Crippen molar-refractivity contribution < 1.29 is 13.5 Å². The van der Waals surface area contributed by atoms with Crippen LogP contribution in [0.15, 0.2) is 24.8 Å². The van der Waals surface area contributed by atoms with Gasteiger partial charge in [-0.1, -0.05) is 0 Å². The van der Waals surface area contributed by atoms with E-state index in [4.69, 9.17) is 19.4 Å². The molecular formula is C11H20Cl2N4Ru-2. The molecule has 18 heavy (non-hydrogen) atoms. The van der Waals surface area contributed by atoms with Crippen LogP contribution in [0.3, 0.4) is 0 Å². The molecule has 0 aromatic carbocycles. The average molecular weight is 380 g/mol. The van der Waals surface area contributed by atoms with Gasteiger partial charge in [0.15, 0.2) is 0 Å². The van der Waals surface area contributed by atoms with Gasteiger partial charge in [-0.05, 0) is 53.0 Å². The van der Waals surface area contributed by atoms with E-state index in [9.17, 15) is 0 Å². The maximum absolute atomic E-state index is 5.07. The van der Waals surface area contributed by atoms with E-state index in [2.05, 4.69) is 5.11 Å².